The van der Waals surface area contributed by atoms with Gasteiger partial charge in [0, 0.05) is 28.6 Å². The third-order valence-corrected chi connectivity index (χ3v) is 5.09. The summed E-state index contributed by atoms with van der Waals surface area (Å²) in [5.41, 5.74) is 3.19. The molecule has 5 aromatic rings. The van der Waals surface area contributed by atoms with Gasteiger partial charge in [-0.1, -0.05) is 71.9 Å². The van der Waals surface area contributed by atoms with E-state index in [1.807, 2.05) is 60.7 Å². The van der Waals surface area contributed by atoms with E-state index < -0.39 is 0 Å². The van der Waals surface area contributed by atoms with E-state index in [0.29, 0.717) is 33.8 Å². The van der Waals surface area contributed by atoms with Gasteiger partial charge in [-0.2, -0.15) is 10.2 Å². The van der Waals surface area contributed by atoms with Crippen molar-refractivity contribution in [2.45, 2.75) is 0 Å². The zero-order chi connectivity index (χ0) is 21.9. The zero-order valence-electron chi connectivity index (χ0n) is 16.8. The van der Waals surface area contributed by atoms with Crippen molar-refractivity contribution in [3.05, 3.63) is 113 Å². The lowest BCUT2D eigenvalue weighted by molar-refractivity contribution is 0.432. The maximum absolute atomic E-state index is 13.4. The van der Waals surface area contributed by atoms with Gasteiger partial charge in [0.2, 0.25) is 5.82 Å². The Morgan fingerprint density at radius 2 is 1.50 bits per heavy atom. The Balaban J connectivity index is 1.73. The minimum Gasteiger partial charge on any atom is -0.334 e. The second kappa shape index (κ2) is 8.17. The van der Waals surface area contributed by atoms with E-state index in [2.05, 4.69) is 16.2 Å². The molecule has 2 heterocycles. The van der Waals surface area contributed by atoms with Gasteiger partial charge >= 0.3 is 0 Å². The predicted molar refractivity (Wildman–Crippen MR) is 121 cm³/mol. The van der Waals surface area contributed by atoms with E-state index in [1.54, 1.807) is 36.5 Å². The van der Waals surface area contributed by atoms with Gasteiger partial charge in [0.25, 0.3) is 11.4 Å². The molecule has 6 nitrogen and oxygen atoms in total. The summed E-state index contributed by atoms with van der Waals surface area (Å²) in [4.78, 5) is 18.0. The molecule has 0 amide bonds. The minimum atomic E-state index is -0.245. The van der Waals surface area contributed by atoms with Crippen LogP contribution in [0.2, 0.25) is 0 Å². The largest absolute Gasteiger partial charge is 0.334 e. The van der Waals surface area contributed by atoms with E-state index >= 15 is 0 Å². The first-order valence-corrected chi connectivity index (χ1v) is 9.96. The van der Waals surface area contributed by atoms with Crippen LogP contribution in [0.1, 0.15) is 5.56 Å². The topological polar surface area (TPSA) is 84.7 Å². The van der Waals surface area contributed by atoms with E-state index in [-0.39, 0.29) is 11.4 Å². The second-order valence-electron chi connectivity index (χ2n) is 7.10. The Hall–Kier alpha value is -4.76. The third-order valence-electron chi connectivity index (χ3n) is 5.09. The molecule has 32 heavy (non-hydrogen) atoms. The van der Waals surface area contributed by atoms with Crippen molar-refractivity contribution in [2.75, 3.05) is 0 Å². The molecule has 0 fully saturated rings. The molecule has 0 spiro atoms. The van der Waals surface area contributed by atoms with Crippen LogP contribution < -0.4 is 5.56 Å². The number of benzene rings is 3. The van der Waals surface area contributed by atoms with Gasteiger partial charge < -0.3 is 4.52 Å². The van der Waals surface area contributed by atoms with Gasteiger partial charge in [0.05, 0.1) is 17.2 Å². The third kappa shape index (κ3) is 3.48. The monoisotopic (exact) mass is 416 g/mol. The maximum Gasteiger partial charge on any atom is 0.263 e. The number of rotatable bonds is 4. The molecule has 0 unspecified atom stereocenters. The van der Waals surface area contributed by atoms with Gasteiger partial charge in [-0.25, -0.2) is 0 Å². The van der Waals surface area contributed by atoms with E-state index in [9.17, 15) is 10.1 Å². The normalized spacial score (nSPS) is 10.6. The van der Waals surface area contributed by atoms with Crippen LogP contribution >= 0.6 is 0 Å². The molecule has 0 N–H and O–H groups in total. The maximum atomic E-state index is 13.4. The molecule has 0 saturated heterocycles. The first kappa shape index (κ1) is 19.2. The molecular formula is C26H16N4O2. The lowest BCUT2D eigenvalue weighted by Crippen LogP contribution is -2.20. The Morgan fingerprint density at radius 1 is 0.812 bits per heavy atom. The molecule has 0 bridgehead atoms. The number of para-hydroxylation sites is 1. The molecule has 0 radical (unpaired) electrons. The molecule has 5 rings (SSSR count). The number of nitrogens with zero attached hydrogens (tertiary/aromatic N) is 4. The van der Waals surface area contributed by atoms with Crippen molar-refractivity contribution >= 4 is 0 Å². The molecule has 0 aliphatic carbocycles. The number of pyridine rings is 1. The summed E-state index contributed by atoms with van der Waals surface area (Å²) in [6, 6.07) is 29.7. The van der Waals surface area contributed by atoms with Crippen molar-refractivity contribution in [1.29, 1.82) is 5.26 Å². The summed E-state index contributed by atoms with van der Waals surface area (Å²) in [5, 5.41) is 13.7. The fourth-order valence-corrected chi connectivity index (χ4v) is 3.53. The first-order valence-electron chi connectivity index (χ1n) is 9.96. The SMILES string of the molecule is N#Cc1ccccc1-c1cc(-c2nc(-c3ccccc3)no2)cn(-c2ccccc2)c1=O. The Kier molecular flexibility index (Phi) is 4.91. The fourth-order valence-electron chi connectivity index (χ4n) is 3.53. The number of nitriles is 1. The lowest BCUT2D eigenvalue weighted by Gasteiger charge is -2.11. The molecule has 0 atom stereocenters. The molecule has 0 aliphatic heterocycles. The molecule has 152 valence electrons. The van der Waals surface area contributed by atoms with Crippen LogP contribution in [0.25, 0.3) is 39.7 Å². The van der Waals surface area contributed by atoms with Crippen molar-refractivity contribution in [2.24, 2.45) is 0 Å². The molecular weight excluding hydrogens is 400 g/mol. The Bertz CT molecular complexity index is 1500. The van der Waals surface area contributed by atoms with E-state index in [1.165, 1.54) is 4.57 Å². The summed E-state index contributed by atoms with van der Waals surface area (Å²) in [7, 11) is 0. The Labute approximate surface area is 183 Å². The molecule has 6 heteroatoms. The second-order valence-corrected chi connectivity index (χ2v) is 7.10. The van der Waals surface area contributed by atoms with Crippen molar-refractivity contribution in [3.63, 3.8) is 0 Å². The summed E-state index contributed by atoms with van der Waals surface area (Å²) in [6.45, 7) is 0. The lowest BCUT2D eigenvalue weighted by atomic mass is 10.00. The highest BCUT2D eigenvalue weighted by atomic mass is 16.5. The van der Waals surface area contributed by atoms with E-state index in [4.69, 9.17) is 4.52 Å². The van der Waals surface area contributed by atoms with Crippen LogP contribution in [0, 0.1) is 11.3 Å². The number of aromatic nitrogens is 3. The Morgan fingerprint density at radius 3 is 2.25 bits per heavy atom. The highest BCUT2D eigenvalue weighted by Crippen LogP contribution is 2.27. The summed E-state index contributed by atoms with van der Waals surface area (Å²) in [5.74, 6) is 0.737. The van der Waals surface area contributed by atoms with Gasteiger partial charge in [-0.15, -0.1) is 0 Å². The average molecular weight is 416 g/mol. The summed E-state index contributed by atoms with van der Waals surface area (Å²) in [6.07, 6.45) is 1.68. The first-order chi connectivity index (χ1) is 15.7. The standard InChI is InChI=1S/C26H16N4O2/c27-16-19-11-7-8-14-22(19)23-15-20(17-30(26(23)31)21-12-5-2-6-13-21)25-28-24(29-32-25)18-9-3-1-4-10-18/h1-15,17H. The molecule has 0 aliphatic rings. The average Bonchev–Trinajstić information content (AvgIpc) is 3.36. The van der Waals surface area contributed by atoms with Crippen molar-refractivity contribution < 1.29 is 4.52 Å². The van der Waals surface area contributed by atoms with Gasteiger partial charge in [0.15, 0.2) is 0 Å². The number of hydrogen-bond acceptors (Lipinski definition) is 5. The summed E-state index contributed by atoms with van der Waals surface area (Å²) >= 11 is 0. The summed E-state index contributed by atoms with van der Waals surface area (Å²) < 4.78 is 7.07. The highest BCUT2D eigenvalue weighted by Gasteiger charge is 2.18. The van der Waals surface area contributed by atoms with Gasteiger partial charge in [0.1, 0.15) is 0 Å². The smallest absolute Gasteiger partial charge is 0.263 e. The van der Waals surface area contributed by atoms with Gasteiger partial charge in [-0.05, 0) is 24.3 Å². The minimum absolute atomic E-state index is 0.245. The zero-order valence-corrected chi connectivity index (χ0v) is 16.8. The van der Waals surface area contributed by atoms with Gasteiger partial charge in [-0.3, -0.25) is 9.36 Å². The quantitative estimate of drug-likeness (QED) is 0.407. The van der Waals surface area contributed by atoms with Crippen LogP contribution in [0.15, 0.2) is 107 Å². The van der Waals surface area contributed by atoms with E-state index in [0.717, 1.165) is 5.56 Å². The molecule has 2 aromatic heterocycles. The van der Waals surface area contributed by atoms with Crippen LogP contribution in [0.4, 0.5) is 0 Å². The van der Waals surface area contributed by atoms with Crippen LogP contribution in [-0.2, 0) is 0 Å². The predicted octanol–water partition coefficient (Wildman–Crippen LogP) is 5.09. The van der Waals surface area contributed by atoms with Crippen LogP contribution in [0.5, 0.6) is 0 Å². The van der Waals surface area contributed by atoms with Crippen molar-refractivity contribution in [1.82, 2.24) is 14.7 Å². The highest BCUT2D eigenvalue weighted by molar-refractivity contribution is 5.74. The molecule has 3 aromatic carbocycles. The van der Waals surface area contributed by atoms with Crippen LogP contribution in [-0.4, -0.2) is 14.7 Å². The van der Waals surface area contributed by atoms with Crippen molar-refractivity contribution in [3.8, 4) is 45.7 Å². The fraction of sp³-hybridized carbons (Fsp3) is 0. The number of hydrogen-bond donors (Lipinski definition) is 0. The van der Waals surface area contributed by atoms with Crippen LogP contribution in [0.3, 0.4) is 0 Å². The molecule has 0 saturated carbocycles.